The van der Waals surface area contributed by atoms with Gasteiger partial charge in [0.05, 0.1) is 21.3 Å². The molecule has 4 nitrogen and oxygen atoms in total. The third kappa shape index (κ3) is 9.03. The maximum Gasteiger partial charge on any atom is 0.169 e. The Bertz CT molecular complexity index is 1180. The van der Waals surface area contributed by atoms with Gasteiger partial charge < -0.3 is 14.2 Å². The van der Waals surface area contributed by atoms with Crippen LogP contribution in [0.2, 0.25) is 0 Å². The van der Waals surface area contributed by atoms with Crippen LogP contribution >= 0.6 is 0 Å². The van der Waals surface area contributed by atoms with Gasteiger partial charge in [0.1, 0.15) is 24.3 Å². The Balaban J connectivity index is 0.00000119. The molecule has 0 atom stereocenters. The maximum atomic E-state index is 5.40. The van der Waals surface area contributed by atoms with Gasteiger partial charge in [0.25, 0.3) is 0 Å². The van der Waals surface area contributed by atoms with E-state index in [-0.39, 0.29) is 0 Å². The molecule has 0 spiro atoms. The molecule has 0 aliphatic heterocycles. The molecule has 4 aromatic rings. The normalized spacial score (nSPS) is 9.28. The molecule has 0 aliphatic rings. The number of rotatable bonds is 7. The van der Waals surface area contributed by atoms with E-state index in [1.54, 1.807) is 21.3 Å². The molecule has 0 aliphatic carbocycles. The van der Waals surface area contributed by atoms with Crippen LogP contribution in [0.25, 0.3) is 11.1 Å². The van der Waals surface area contributed by atoms with Gasteiger partial charge in [-0.15, -0.1) is 0 Å². The van der Waals surface area contributed by atoms with Crippen LogP contribution in [0.1, 0.15) is 63.8 Å². The van der Waals surface area contributed by atoms with E-state index >= 15 is 0 Å². The van der Waals surface area contributed by atoms with Gasteiger partial charge in [-0.25, -0.2) is 4.57 Å². The highest BCUT2D eigenvalue weighted by molar-refractivity contribution is 6.04. The third-order valence-electron chi connectivity index (χ3n) is 5.65. The van der Waals surface area contributed by atoms with Crippen molar-refractivity contribution >= 4 is 11.1 Å². The first-order chi connectivity index (χ1) is 19.1. The van der Waals surface area contributed by atoms with Crippen molar-refractivity contribution in [3.05, 3.63) is 120 Å². The van der Waals surface area contributed by atoms with Crippen molar-refractivity contribution in [2.45, 2.75) is 41.5 Å². The zero-order valence-corrected chi connectivity index (χ0v) is 25.4. The quantitative estimate of drug-likeness (QED) is 0.178. The molecule has 4 heteroatoms. The summed E-state index contributed by atoms with van der Waals surface area (Å²) in [4.78, 5) is 0. The first kappa shape index (κ1) is 33.0. The van der Waals surface area contributed by atoms with Gasteiger partial charge in [-0.1, -0.05) is 77.9 Å². The fourth-order valence-corrected chi connectivity index (χ4v) is 3.85. The Labute approximate surface area is 236 Å². The standard InChI is InChI=1S/C29H28NO3.3C2H6/c1-30-19-17-24(18-20-30)29(23-9-15-27(33-4)16-10-23)28(21-5-11-25(31-2)12-6-21)22-7-13-26(32-3)14-8-22;3*1-2/h5-20H,1-4H3;3*1-2H3/q+1;;;. The van der Waals surface area contributed by atoms with Crippen LogP contribution in [0.5, 0.6) is 17.2 Å². The van der Waals surface area contributed by atoms with E-state index in [1.165, 1.54) is 0 Å². The largest absolute Gasteiger partial charge is 0.497 e. The summed E-state index contributed by atoms with van der Waals surface area (Å²) in [7, 11) is 7.07. The number of pyridine rings is 1. The van der Waals surface area contributed by atoms with E-state index in [4.69, 9.17) is 14.2 Å². The summed E-state index contributed by atoms with van der Waals surface area (Å²) in [6, 6.07) is 28.9. The second-order valence-corrected chi connectivity index (χ2v) is 7.69. The molecule has 3 aromatic carbocycles. The Morgan fingerprint density at radius 2 is 0.641 bits per heavy atom. The molecule has 39 heavy (non-hydrogen) atoms. The van der Waals surface area contributed by atoms with Crippen molar-refractivity contribution in [1.82, 2.24) is 0 Å². The van der Waals surface area contributed by atoms with Crippen molar-refractivity contribution in [2.24, 2.45) is 7.05 Å². The molecule has 1 aromatic heterocycles. The van der Waals surface area contributed by atoms with E-state index in [0.29, 0.717) is 0 Å². The summed E-state index contributed by atoms with van der Waals surface area (Å²) in [6.45, 7) is 12.0. The predicted octanol–water partition coefficient (Wildman–Crippen LogP) is 8.62. The number of methoxy groups -OCH3 is 3. The molecule has 0 saturated carbocycles. The lowest BCUT2D eigenvalue weighted by Crippen LogP contribution is -2.25. The minimum atomic E-state index is 0.825. The number of aryl methyl sites for hydroxylation is 1. The van der Waals surface area contributed by atoms with Crippen LogP contribution in [0, 0.1) is 0 Å². The van der Waals surface area contributed by atoms with E-state index in [9.17, 15) is 0 Å². The molecule has 0 amide bonds. The highest BCUT2D eigenvalue weighted by atomic mass is 16.5. The number of nitrogens with zero attached hydrogens (tertiary/aromatic N) is 1. The second-order valence-electron chi connectivity index (χ2n) is 7.69. The Morgan fingerprint density at radius 1 is 0.410 bits per heavy atom. The summed E-state index contributed by atoms with van der Waals surface area (Å²) in [5.74, 6) is 2.48. The summed E-state index contributed by atoms with van der Waals surface area (Å²) in [6.07, 6.45) is 4.14. The first-order valence-electron chi connectivity index (χ1n) is 13.8. The number of benzene rings is 3. The molecule has 0 N–H and O–H groups in total. The average molecular weight is 529 g/mol. The fraction of sp³-hybridized carbons (Fsp3) is 0.286. The van der Waals surface area contributed by atoms with Crippen molar-refractivity contribution in [2.75, 3.05) is 21.3 Å². The van der Waals surface area contributed by atoms with E-state index < -0.39 is 0 Å². The van der Waals surface area contributed by atoms with Crippen LogP contribution in [-0.2, 0) is 7.05 Å². The van der Waals surface area contributed by atoms with Gasteiger partial charge >= 0.3 is 0 Å². The van der Waals surface area contributed by atoms with Crippen molar-refractivity contribution < 1.29 is 18.8 Å². The Morgan fingerprint density at radius 3 is 0.872 bits per heavy atom. The van der Waals surface area contributed by atoms with E-state index in [1.807, 2.05) is 89.6 Å². The molecule has 0 radical (unpaired) electrons. The Hall–Kier alpha value is -4.05. The highest BCUT2D eigenvalue weighted by Gasteiger charge is 2.17. The number of aromatic nitrogens is 1. The van der Waals surface area contributed by atoms with Crippen LogP contribution in [0.15, 0.2) is 97.3 Å². The zero-order chi connectivity index (χ0) is 29.2. The zero-order valence-electron chi connectivity index (χ0n) is 25.4. The SMILES string of the molecule is CC.CC.CC.COc1ccc(C(=C(c2ccc(OC)cc2)c2cc[n+](C)cc2)c2ccc(OC)cc2)cc1. The van der Waals surface area contributed by atoms with E-state index in [0.717, 1.165) is 50.6 Å². The van der Waals surface area contributed by atoms with Gasteiger partial charge in [-0.3, -0.25) is 0 Å². The van der Waals surface area contributed by atoms with Crippen LogP contribution in [0.3, 0.4) is 0 Å². The smallest absolute Gasteiger partial charge is 0.169 e. The van der Waals surface area contributed by atoms with Crippen molar-refractivity contribution in [1.29, 1.82) is 0 Å². The molecule has 0 fully saturated rings. The topological polar surface area (TPSA) is 31.6 Å². The summed E-state index contributed by atoms with van der Waals surface area (Å²) >= 11 is 0. The van der Waals surface area contributed by atoms with Crippen LogP contribution in [0.4, 0.5) is 0 Å². The highest BCUT2D eigenvalue weighted by Crippen LogP contribution is 2.38. The maximum absolute atomic E-state index is 5.40. The fourth-order valence-electron chi connectivity index (χ4n) is 3.85. The molecule has 208 valence electrons. The van der Waals surface area contributed by atoms with Gasteiger partial charge in [-0.2, -0.15) is 0 Å². The van der Waals surface area contributed by atoms with Crippen LogP contribution in [-0.4, -0.2) is 21.3 Å². The molecule has 1 heterocycles. The molecule has 4 rings (SSSR count). The number of ether oxygens (including phenoxy) is 3. The number of hydrogen-bond acceptors (Lipinski definition) is 3. The molecule has 0 bridgehead atoms. The summed E-state index contributed by atoms with van der Waals surface area (Å²) in [5.41, 5.74) is 6.68. The molecule has 0 unspecified atom stereocenters. The Kier molecular flexibility index (Phi) is 15.4. The second kappa shape index (κ2) is 18.2. The first-order valence-corrected chi connectivity index (χ1v) is 13.8. The minimum Gasteiger partial charge on any atom is -0.497 e. The molecule has 0 saturated heterocycles. The van der Waals surface area contributed by atoms with Gasteiger partial charge in [0, 0.05) is 12.1 Å². The molecular formula is C35H46NO3+. The van der Waals surface area contributed by atoms with Crippen molar-refractivity contribution in [3.63, 3.8) is 0 Å². The van der Waals surface area contributed by atoms with Crippen molar-refractivity contribution in [3.8, 4) is 17.2 Å². The third-order valence-corrected chi connectivity index (χ3v) is 5.65. The molecular weight excluding hydrogens is 482 g/mol. The van der Waals surface area contributed by atoms with Gasteiger partial charge in [0.2, 0.25) is 0 Å². The summed E-state index contributed by atoms with van der Waals surface area (Å²) in [5, 5.41) is 0. The predicted molar refractivity (Wildman–Crippen MR) is 166 cm³/mol. The lowest BCUT2D eigenvalue weighted by atomic mass is 9.86. The average Bonchev–Trinajstić information content (AvgIpc) is 3.03. The van der Waals surface area contributed by atoms with E-state index in [2.05, 4.69) is 60.9 Å². The van der Waals surface area contributed by atoms with Crippen LogP contribution < -0.4 is 18.8 Å². The number of hydrogen-bond donors (Lipinski definition) is 0. The lowest BCUT2D eigenvalue weighted by Gasteiger charge is -2.18. The minimum absolute atomic E-state index is 0.825. The van der Waals surface area contributed by atoms with Gasteiger partial charge in [-0.05, 0) is 69.8 Å². The monoisotopic (exact) mass is 528 g/mol. The van der Waals surface area contributed by atoms with Gasteiger partial charge in [0.15, 0.2) is 12.4 Å². The summed E-state index contributed by atoms with van der Waals surface area (Å²) < 4.78 is 18.2. The lowest BCUT2D eigenvalue weighted by molar-refractivity contribution is -0.671.